The third-order valence-corrected chi connectivity index (χ3v) is 9.10. The lowest BCUT2D eigenvalue weighted by atomic mass is 9.99. The van der Waals surface area contributed by atoms with Gasteiger partial charge in [-0.25, -0.2) is 8.42 Å². The van der Waals surface area contributed by atoms with Gasteiger partial charge >= 0.3 is 0 Å². The molecule has 5 rings (SSSR count). The van der Waals surface area contributed by atoms with Gasteiger partial charge in [0, 0.05) is 53.2 Å². The van der Waals surface area contributed by atoms with Crippen LogP contribution in [-0.2, 0) is 21.4 Å². The molecule has 5 N–H and O–H groups in total. The molecule has 45 heavy (non-hydrogen) atoms. The summed E-state index contributed by atoms with van der Waals surface area (Å²) in [6, 6.07) is 23.9. The first kappa shape index (κ1) is 31.8. The molecule has 2 aromatic heterocycles. The molecule has 0 bridgehead atoms. The lowest BCUT2D eigenvalue weighted by Gasteiger charge is -2.28. The monoisotopic (exact) mass is 631 g/mol. The molecule has 0 saturated carbocycles. The molecular formula is C33H37N5O6S. The maximum atomic E-state index is 12.7. The fourth-order valence-corrected chi connectivity index (χ4v) is 6.01. The number of aliphatic hydroxyl groups is 1. The highest BCUT2D eigenvalue weighted by molar-refractivity contribution is 7.92. The van der Waals surface area contributed by atoms with E-state index in [1.807, 2.05) is 30.5 Å². The maximum absolute atomic E-state index is 12.7. The van der Waals surface area contributed by atoms with Crippen LogP contribution in [-0.4, -0.2) is 46.3 Å². The van der Waals surface area contributed by atoms with Gasteiger partial charge in [0.1, 0.15) is 0 Å². The molecule has 2 heterocycles. The zero-order valence-electron chi connectivity index (χ0n) is 25.3. The number of aryl methyl sites for hydroxylation is 1. The molecule has 1 amide bonds. The van der Waals surface area contributed by atoms with Crippen LogP contribution in [0.1, 0.15) is 50.5 Å². The van der Waals surface area contributed by atoms with Gasteiger partial charge < -0.3 is 29.9 Å². The first-order valence-corrected chi connectivity index (χ1v) is 16.0. The number of fused-ring (bicyclic) bond motifs is 1. The number of β-amino-alcohol motifs (C(OH)–C–C–N with tert-alkyl or cyclic N) is 1. The van der Waals surface area contributed by atoms with E-state index in [9.17, 15) is 23.4 Å². The number of nitrogens with zero attached hydrogens (tertiary/aromatic N) is 2. The zero-order chi connectivity index (χ0) is 32.2. The number of hydrogen-bond donors (Lipinski definition) is 5. The Morgan fingerprint density at radius 3 is 2.51 bits per heavy atom. The van der Waals surface area contributed by atoms with Crippen molar-refractivity contribution in [3.8, 4) is 5.88 Å². The molecule has 0 radical (unpaired) electrons. The number of benzene rings is 3. The summed E-state index contributed by atoms with van der Waals surface area (Å²) >= 11 is 0. The van der Waals surface area contributed by atoms with Crippen LogP contribution in [0.25, 0.3) is 10.9 Å². The average molecular weight is 632 g/mol. The van der Waals surface area contributed by atoms with Gasteiger partial charge in [-0.05, 0) is 86.4 Å². The van der Waals surface area contributed by atoms with Gasteiger partial charge in [0.2, 0.25) is 5.91 Å². The van der Waals surface area contributed by atoms with Crippen molar-refractivity contribution >= 4 is 38.2 Å². The summed E-state index contributed by atoms with van der Waals surface area (Å²) in [5, 5.41) is 31.0. The number of carbonyl (C=O) groups is 1. The normalized spacial score (nSPS) is 13.4. The fraction of sp³-hybridized carbons (Fsp3) is 0.273. The molecule has 3 aromatic carbocycles. The average Bonchev–Trinajstić information content (AvgIpc) is 3.64. The molecule has 0 aliphatic heterocycles. The molecule has 0 spiro atoms. The highest BCUT2D eigenvalue weighted by Crippen LogP contribution is 2.26. The van der Waals surface area contributed by atoms with Crippen LogP contribution >= 0.6 is 0 Å². The number of rotatable bonds is 13. The number of aromatic hydroxyl groups is 1. The first-order chi connectivity index (χ1) is 21.4. The number of sulfonamides is 1. The summed E-state index contributed by atoms with van der Waals surface area (Å²) in [6.07, 6.45) is 1.92. The van der Waals surface area contributed by atoms with Crippen molar-refractivity contribution in [3.63, 3.8) is 0 Å². The molecule has 0 aliphatic carbocycles. The Bertz CT molecular complexity index is 1880. The van der Waals surface area contributed by atoms with E-state index < -0.39 is 22.0 Å². The number of carbonyl (C=O) groups excluding carboxylic acids is 1. The van der Waals surface area contributed by atoms with Crippen molar-refractivity contribution in [3.05, 3.63) is 102 Å². The Hall–Kier alpha value is -4.65. The van der Waals surface area contributed by atoms with E-state index in [0.717, 1.165) is 17.3 Å². The molecule has 0 aliphatic rings. The lowest BCUT2D eigenvalue weighted by molar-refractivity contribution is -0.117. The molecule has 0 saturated heterocycles. The minimum Gasteiger partial charge on any atom is -0.491 e. The summed E-state index contributed by atoms with van der Waals surface area (Å²) in [5.41, 5.74) is 2.32. The molecule has 11 nitrogen and oxygen atoms in total. The Morgan fingerprint density at radius 2 is 1.78 bits per heavy atom. The number of aromatic nitrogens is 2. The molecule has 12 heteroatoms. The predicted molar refractivity (Wildman–Crippen MR) is 173 cm³/mol. The van der Waals surface area contributed by atoms with Gasteiger partial charge in [-0.1, -0.05) is 30.3 Å². The summed E-state index contributed by atoms with van der Waals surface area (Å²) in [4.78, 5) is 12.8. The second-order valence-corrected chi connectivity index (χ2v) is 13.3. The third kappa shape index (κ3) is 7.90. The Morgan fingerprint density at radius 1 is 1.00 bits per heavy atom. The molecule has 236 valence electrons. The van der Waals surface area contributed by atoms with Crippen LogP contribution in [0.5, 0.6) is 5.88 Å². The summed E-state index contributed by atoms with van der Waals surface area (Å²) in [5.74, 6) is -0.886. The minimum atomic E-state index is -3.74. The zero-order valence-corrected chi connectivity index (χ0v) is 26.1. The van der Waals surface area contributed by atoms with Crippen molar-refractivity contribution in [2.75, 3.05) is 16.6 Å². The highest BCUT2D eigenvalue weighted by atomic mass is 32.2. The van der Waals surface area contributed by atoms with Crippen LogP contribution < -0.4 is 15.4 Å². The number of aliphatic hydroxyl groups excluding tert-OH is 1. The standard InChI is InChI=1S/C33H37N5O6S/c1-22(30-20-31(40)36-44-30)32(41)35-25-12-13-28-23(18-25)14-16-38(28)17-15-33(2,3)34-21-29(39)24-8-7-9-26(19-24)37-45(42,43)27-10-5-4-6-11-27/h4-14,16,18-20,22,29,34,37,39H,15,17,21H2,1-3H3,(H,35,41)(H,36,40)/t22?,29-/m1/s1. The van der Waals surface area contributed by atoms with E-state index >= 15 is 0 Å². The molecule has 0 fully saturated rings. The Kier molecular flexibility index (Phi) is 9.28. The van der Waals surface area contributed by atoms with Crippen LogP contribution in [0, 0.1) is 0 Å². The molecule has 2 atom stereocenters. The lowest BCUT2D eigenvalue weighted by Crippen LogP contribution is -2.42. The van der Waals surface area contributed by atoms with E-state index in [4.69, 9.17) is 4.52 Å². The van der Waals surface area contributed by atoms with Crippen molar-refractivity contribution in [1.29, 1.82) is 0 Å². The largest absolute Gasteiger partial charge is 0.491 e. The number of amides is 1. The summed E-state index contributed by atoms with van der Waals surface area (Å²) in [7, 11) is -3.74. The van der Waals surface area contributed by atoms with Crippen LogP contribution in [0.4, 0.5) is 11.4 Å². The van der Waals surface area contributed by atoms with Gasteiger partial charge in [-0.15, -0.1) is 0 Å². The van der Waals surface area contributed by atoms with Crippen molar-refractivity contribution in [2.24, 2.45) is 0 Å². The second kappa shape index (κ2) is 13.1. The van der Waals surface area contributed by atoms with E-state index in [2.05, 4.69) is 38.9 Å². The smallest absolute Gasteiger partial charge is 0.261 e. The Balaban J connectivity index is 1.15. The van der Waals surface area contributed by atoms with Crippen molar-refractivity contribution in [1.82, 2.24) is 15.0 Å². The van der Waals surface area contributed by atoms with Crippen molar-refractivity contribution < 1.29 is 27.9 Å². The quantitative estimate of drug-likeness (QED) is 0.116. The summed E-state index contributed by atoms with van der Waals surface area (Å²) < 4.78 is 35.1. The van der Waals surface area contributed by atoms with E-state index in [1.165, 1.54) is 18.2 Å². The van der Waals surface area contributed by atoms with Crippen molar-refractivity contribution in [2.45, 2.75) is 56.2 Å². The summed E-state index contributed by atoms with van der Waals surface area (Å²) in [6.45, 7) is 6.81. The first-order valence-electron chi connectivity index (χ1n) is 14.6. The molecule has 5 aromatic rings. The van der Waals surface area contributed by atoms with Gasteiger partial charge in [-0.3, -0.25) is 9.52 Å². The van der Waals surface area contributed by atoms with Gasteiger partial charge in [0.05, 0.1) is 16.9 Å². The predicted octanol–water partition coefficient (Wildman–Crippen LogP) is 5.37. The van der Waals surface area contributed by atoms with Gasteiger partial charge in [0.25, 0.3) is 15.9 Å². The fourth-order valence-electron chi connectivity index (χ4n) is 4.94. The van der Waals surface area contributed by atoms with Crippen LogP contribution in [0.15, 0.2) is 101 Å². The minimum absolute atomic E-state index is 0.165. The van der Waals surface area contributed by atoms with E-state index in [-0.39, 0.29) is 34.5 Å². The molecular weight excluding hydrogens is 594 g/mol. The molecule has 1 unspecified atom stereocenters. The van der Waals surface area contributed by atoms with Gasteiger partial charge in [0.15, 0.2) is 5.76 Å². The van der Waals surface area contributed by atoms with Crippen LogP contribution in [0.3, 0.4) is 0 Å². The SMILES string of the molecule is CC(C(=O)Nc1ccc2c(ccn2CCC(C)(C)NC[C@@H](O)c2cccc(NS(=O)(=O)c3ccccc3)c2)c1)c1cc(O)no1. The van der Waals surface area contributed by atoms with E-state index in [1.54, 1.807) is 49.4 Å². The second-order valence-electron chi connectivity index (χ2n) is 11.7. The number of anilines is 2. The maximum Gasteiger partial charge on any atom is 0.261 e. The Labute approximate surface area is 261 Å². The highest BCUT2D eigenvalue weighted by Gasteiger charge is 2.22. The number of nitrogens with one attached hydrogen (secondary N) is 3. The van der Waals surface area contributed by atoms with Gasteiger partial charge in [-0.2, -0.15) is 0 Å². The number of hydrogen-bond acceptors (Lipinski definition) is 8. The third-order valence-electron chi connectivity index (χ3n) is 7.70. The van der Waals surface area contributed by atoms with Crippen LogP contribution in [0.2, 0.25) is 0 Å². The topological polar surface area (TPSA) is 159 Å². The van der Waals surface area contributed by atoms with E-state index in [0.29, 0.717) is 23.5 Å².